The van der Waals surface area contributed by atoms with Crippen LogP contribution in [0.15, 0.2) is 36.4 Å². The molecule has 0 spiro atoms. The molecule has 0 aromatic heterocycles. The van der Waals surface area contributed by atoms with Crippen LogP contribution >= 0.6 is 11.6 Å². The fourth-order valence-corrected chi connectivity index (χ4v) is 3.11. The summed E-state index contributed by atoms with van der Waals surface area (Å²) in [5.74, 6) is 0.843. The number of nitrogens with one attached hydrogen (secondary N) is 2. The van der Waals surface area contributed by atoms with Crippen molar-refractivity contribution in [3.63, 3.8) is 0 Å². The molecule has 0 aliphatic carbocycles. The number of sulfonamides is 1. The molecule has 1 amide bonds. The summed E-state index contributed by atoms with van der Waals surface area (Å²) in [6.45, 7) is 2.67. The number of ether oxygens (including phenoxy) is 2. The Morgan fingerprint density at radius 1 is 1.15 bits per heavy atom. The van der Waals surface area contributed by atoms with E-state index in [1.807, 2.05) is 13.0 Å². The lowest BCUT2D eigenvalue weighted by Crippen LogP contribution is -2.23. The van der Waals surface area contributed by atoms with Gasteiger partial charge in [-0.1, -0.05) is 17.7 Å². The molecule has 9 heteroatoms. The Bertz CT molecular complexity index is 931. The second-order valence-electron chi connectivity index (χ2n) is 5.67. The van der Waals surface area contributed by atoms with E-state index >= 15 is 0 Å². The van der Waals surface area contributed by atoms with E-state index in [1.54, 1.807) is 19.2 Å². The lowest BCUT2D eigenvalue weighted by atomic mass is 10.1. The highest BCUT2D eigenvalue weighted by Gasteiger charge is 2.12. The summed E-state index contributed by atoms with van der Waals surface area (Å²) in [6, 6.07) is 9.75. The Morgan fingerprint density at radius 3 is 2.52 bits per heavy atom. The highest BCUT2D eigenvalue weighted by atomic mass is 35.5. The van der Waals surface area contributed by atoms with Crippen LogP contribution in [0.2, 0.25) is 5.02 Å². The van der Waals surface area contributed by atoms with Crippen molar-refractivity contribution in [2.75, 3.05) is 24.7 Å². The third-order valence-corrected chi connectivity index (χ3v) is 4.43. The summed E-state index contributed by atoms with van der Waals surface area (Å²) in [4.78, 5) is 12.4. The van der Waals surface area contributed by atoms with Crippen molar-refractivity contribution in [2.45, 2.75) is 13.5 Å². The topological polar surface area (TPSA) is 93.7 Å². The van der Waals surface area contributed by atoms with Gasteiger partial charge in [0.05, 0.1) is 30.7 Å². The van der Waals surface area contributed by atoms with E-state index in [0.717, 1.165) is 11.8 Å². The van der Waals surface area contributed by atoms with E-state index in [9.17, 15) is 13.2 Å². The van der Waals surface area contributed by atoms with Crippen molar-refractivity contribution in [1.82, 2.24) is 5.32 Å². The zero-order valence-corrected chi connectivity index (χ0v) is 16.8. The third kappa shape index (κ3) is 6.04. The smallest absolute Gasteiger partial charge is 0.251 e. The Kier molecular flexibility index (Phi) is 6.92. The molecule has 0 saturated carbocycles. The summed E-state index contributed by atoms with van der Waals surface area (Å²) in [5.41, 5.74) is 1.25. The molecule has 2 aromatic carbocycles. The van der Waals surface area contributed by atoms with Crippen molar-refractivity contribution in [1.29, 1.82) is 0 Å². The van der Waals surface area contributed by atoms with Gasteiger partial charge in [-0.05, 0) is 42.8 Å². The number of methoxy groups -OCH3 is 1. The van der Waals surface area contributed by atoms with Gasteiger partial charge in [-0.15, -0.1) is 0 Å². The van der Waals surface area contributed by atoms with Crippen LogP contribution in [0.5, 0.6) is 11.5 Å². The number of halogens is 1. The molecule has 0 heterocycles. The van der Waals surface area contributed by atoms with Crippen LogP contribution < -0.4 is 19.5 Å². The molecule has 7 nitrogen and oxygen atoms in total. The molecular formula is C18H21ClN2O5S. The zero-order chi connectivity index (χ0) is 20.0. The fraction of sp³-hybridized carbons (Fsp3) is 0.278. The SMILES string of the molecule is CCOc1ccc(CNC(=O)c2ccc(Cl)c(NS(C)(=O)=O)c2)cc1OC. The number of carbonyl (C=O) groups is 1. The lowest BCUT2D eigenvalue weighted by Gasteiger charge is -2.12. The minimum absolute atomic E-state index is 0.148. The van der Waals surface area contributed by atoms with Gasteiger partial charge < -0.3 is 14.8 Å². The van der Waals surface area contributed by atoms with Gasteiger partial charge in [-0.2, -0.15) is 0 Å². The Hall–Kier alpha value is -2.45. The maximum Gasteiger partial charge on any atom is 0.251 e. The molecule has 0 fully saturated rings. The second-order valence-corrected chi connectivity index (χ2v) is 7.83. The average Bonchev–Trinajstić information content (AvgIpc) is 2.61. The zero-order valence-electron chi connectivity index (χ0n) is 15.2. The van der Waals surface area contributed by atoms with Gasteiger partial charge in [0.25, 0.3) is 5.91 Å². The van der Waals surface area contributed by atoms with E-state index < -0.39 is 10.0 Å². The standard InChI is InChI=1S/C18H21ClN2O5S/c1-4-26-16-8-5-12(9-17(16)25-2)11-20-18(22)13-6-7-14(19)15(10-13)21-27(3,23)24/h5-10,21H,4,11H2,1-3H3,(H,20,22). The highest BCUT2D eigenvalue weighted by molar-refractivity contribution is 7.92. The first kappa shape index (κ1) is 20.9. The molecule has 27 heavy (non-hydrogen) atoms. The quantitative estimate of drug-likeness (QED) is 0.695. The van der Waals surface area contributed by atoms with Gasteiger partial charge in [0.2, 0.25) is 10.0 Å². The molecule has 2 aromatic rings. The third-order valence-electron chi connectivity index (χ3n) is 3.50. The van der Waals surface area contributed by atoms with Gasteiger partial charge in [-0.25, -0.2) is 8.42 Å². The van der Waals surface area contributed by atoms with Crippen LogP contribution in [0.3, 0.4) is 0 Å². The molecule has 2 N–H and O–H groups in total. The number of benzene rings is 2. The van der Waals surface area contributed by atoms with Crippen LogP contribution in [-0.2, 0) is 16.6 Å². The average molecular weight is 413 g/mol. The van der Waals surface area contributed by atoms with Crippen molar-refractivity contribution < 1.29 is 22.7 Å². The van der Waals surface area contributed by atoms with Crippen LogP contribution in [0.4, 0.5) is 5.69 Å². The van der Waals surface area contributed by atoms with Crippen molar-refractivity contribution in [3.05, 3.63) is 52.5 Å². The fourth-order valence-electron chi connectivity index (χ4n) is 2.33. The molecule has 0 aliphatic heterocycles. The number of hydrogen-bond acceptors (Lipinski definition) is 5. The number of hydrogen-bond donors (Lipinski definition) is 2. The molecule has 0 radical (unpaired) electrons. The summed E-state index contributed by atoms with van der Waals surface area (Å²) >= 11 is 5.97. The number of rotatable bonds is 8. The second kappa shape index (κ2) is 8.96. The summed E-state index contributed by atoms with van der Waals surface area (Å²) in [7, 11) is -1.96. The maximum absolute atomic E-state index is 12.4. The Labute approximate surface area is 163 Å². The minimum atomic E-state index is -3.51. The van der Waals surface area contributed by atoms with Gasteiger partial charge in [-0.3, -0.25) is 9.52 Å². The Morgan fingerprint density at radius 2 is 1.89 bits per heavy atom. The minimum Gasteiger partial charge on any atom is -0.493 e. The molecule has 146 valence electrons. The molecule has 0 bridgehead atoms. The largest absolute Gasteiger partial charge is 0.493 e. The van der Waals surface area contributed by atoms with Gasteiger partial charge in [0.15, 0.2) is 11.5 Å². The number of amides is 1. The van der Waals surface area contributed by atoms with Crippen molar-refractivity contribution in [3.8, 4) is 11.5 Å². The van der Waals surface area contributed by atoms with Gasteiger partial charge in [0, 0.05) is 12.1 Å². The molecule has 0 unspecified atom stereocenters. The van der Waals surface area contributed by atoms with Crippen molar-refractivity contribution in [2.24, 2.45) is 0 Å². The van der Waals surface area contributed by atoms with E-state index in [-0.39, 0.29) is 28.7 Å². The molecule has 0 aliphatic rings. The summed E-state index contributed by atoms with van der Waals surface area (Å²) < 4.78 is 35.8. The van der Waals surface area contributed by atoms with E-state index in [0.29, 0.717) is 18.1 Å². The Balaban J connectivity index is 2.11. The van der Waals surface area contributed by atoms with Crippen LogP contribution in [0, 0.1) is 0 Å². The first-order chi connectivity index (χ1) is 12.7. The maximum atomic E-state index is 12.4. The lowest BCUT2D eigenvalue weighted by molar-refractivity contribution is 0.0951. The molecule has 2 rings (SSSR count). The van der Waals surface area contributed by atoms with Crippen LogP contribution in [0.1, 0.15) is 22.8 Å². The normalized spacial score (nSPS) is 11.0. The predicted octanol–water partition coefficient (Wildman–Crippen LogP) is 3.05. The summed E-state index contributed by atoms with van der Waals surface area (Å²) in [5, 5.41) is 2.97. The summed E-state index contributed by atoms with van der Waals surface area (Å²) in [6.07, 6.45) is 1.01. The van der Waals surface area contributed by atoms with Gasteiger partial charge in [0.1, 0.15) is 0 Å². The molecular weight excluding hydrogens is 392 g/mol. The van der Waals surface area contributed by atoms with E-state index in [2.05, 4.69) is 10.0 Å². The van der Waals surface area contributed by atoms with Crippen molar-refractivity contribution >= 4 is 33.2 Å². The first-order valence-corrected chi connectivity index (χ1v) is 10.4. The van der Waals surface area contributed by atoms with Crippen LogP contribution in [0.25, 0.3) is 0 Å². The van der Waals surface area contributed by atoms with Crippen LogP contribution in [-0.4, -0.2) is 34.3 Å². The monoisotopic (exact) mass is 412 g/mol. The molecule has 0 saturated heterocycles. The molecule has 0 atom stereocenters. The van der Waals surface area contributed by atoms with Gasteiger partial charge >= 0.3 is 0 Å². The first-order valence-electron chi connectivity index (χ1n) is 8.08. The van der Waals surface area contributed by atoms with E-state index in [1.165, 1.54) is 18.2 Å². The number of carbonyl (C=O) groups excluding carboxylic acids is 1. The predicted molar refractivity (Wildman–Crippen MR) is 105 cm³/mol. The van der Waals surface area contributed by atoms with E-state index in [4.69, 9.17) is 21.1 Å². The number of anilines is 1. The highest BCUT2D eigenvalue weighted by Crippen LogP contribution is 2.28.